The Bertz CT molecular complexity index is 393. The summed E-state index contributed by atoms with van der Waals surface area (Å²) in [6.07, 6.45) is 6.85. The number of nitrogens with zero attached hydrogens (tertiary/aromatic N) is 1. The average Bonchev–Trinajstić information content (AvgIpc) is 2.65. The van der Waals surface area contributed by atoms with Crippen LogP contribution in [-0.4, -0.2) is 29.7 Å². The fourth-order valence-electron chi connectivity index (χ4n) is 2.56. The molecule has 0 radical (unpaired) electrons. The van der Waals surface area contributed by atoms with Crippen LogP contribution in [0.3, 0.4) is 0 Å². The van der Waals surface area contributed by atoms with Crippen molar-refractivity contribution in [2.24, 2.45) is 17.6 Å². The van der Waals surface area contributed by atoms with E-state index < -0.39 is 5.60 Å². The van der Waals surface area contributed by atoms with Gasteiger partial charge in [-0.05, 0) is 45.7 Å². The molecule has 1 saturated heterocycles. The molecule has 0 spiro atoms. The lowest BCUT2D eigenvalue weighted by atomic mass is 9.88. The van der Waals surface area contributed by atoms with Crippen LogP contribution in [0.25, 0.3) is 0 Å². The van der Waals surface area contributed by atoms with Crippen LogP contribution in [0.5, 0.6) is 0 Å². The van der Waals surface area contributed by atoms with Crippen molar-refractivity contribution in [3.63, 3.8) is 0 Å². The Kier molecular flexibility index (Phi) is 3.48. The third-order valence-electron chi connectivity index (χ3n) is 3.39. The number of hydrogen-bond donors (Lipinski definition) is 1. The van der Waals surface area contributed by atoms with Gasteiger partial charge in [-0.15, -0.1) is 0 Å². The van der Waals surface area contributed by atoms with Gasteiger partial charge in [0.2, 0.25) is 0 Å². The van der Waals surface area contributed by atoms with E-state index in [1.165, 1.54) is 0 Å². The van der Waals surface area contributed by atoms with E-state index in [1.54, 1.807) is 4.90 Å². The number of hydrogen-bond acceptors (Lipinski definition) is 3. The number of carbonyl (C=O) groups is 1. The molecule has 0 saturated carbocycles. The van der Waals surface area contributed by atoms with Crippen molar-refractivity contribution < 1.29 is 9.53 Å². The molecule has 100 valence electrons. The van der Waals surface area contributed by atoms with Gasteiger partial charge in [0, 0.05) is 18.2 Å². The van der Waals surface area contributed by atoms with Gasteiger partial charge in [0.25, 0.3) is 0 Å². The summed E-state index contributed by atoms with van der Waals surface area (Å²) in [6.45, 7) is 6.93. The van der Waals surface area contributed by atoms with Gasteiger partial charge in [-0.25, -0.2) is 4.79 Å². The maximum Gasteiger partial charge on any atom is 0.414 e. The van der Waals surface area contributed by atoms with Gasteiger partial charge >= 0.3 is 6.09 Å². The molecule has 1 fully saturated rings. The average molecular weight is 250 g/mol. The summed E-state index contributed by atoms with van der Waals surface area (Å²) in [4.78, 5) is 13.9. The molecule has 1 aliphatic heterocycles. The minimum atomic E-state index is -0.460. The van der Waals surface area contributed by atoms with Crippen LogP contribution in [0.15, 0.2) is 23.9 Å². The number of allylic oxidation sites excluding steroid dienone is 4. The second kappa shape index (κ2) is 4.76. The molecule has 1 amide bonds. The highest BCUT2D eigenvalue weighted by Crippen LogP contribution is 2.38. The Morgan fingerprint density at radius 1 is 1.56 bits per heavy atom. The van der Waals surface area contributed by atoms with Crippen molar-refractivity contribution in [2.45, 2.75) is 32.8 Å². The maximum atomic E-state index is 12.2. The molecule has 0 aromatic heterocycles. The summed E-state index contributed by atoms with van der Waals surface area (Å²) in [6, 6.07) is 0. The van der Waals surface area contributed by atoms with Crippen LogP contribution >= 0.6 is 0 Å². The highest BCUT2D eigenvalue weighted by molar-refractivity contribution is 5.71. The lowest BCUT2D eigenvalue weighted by molar-refractivity contribution is 0.0330. The SMILES string of the molecule is CC(C)(C)OC(=O)N1CC(CN)C2CC=CC=C21. The van der Waals surface area contributed by atoms with Crippen LogP contribution < -0.4 is 5.73 Å². The number of rotatable bonds is 1. The zero-order chi connectivity index (χ0) is 13.3. The summed E-state index contributed by atoms with van der Waals surface area (Å²) >= 11 is 0. The molecule has 2 atom stereocenters. The van der Waals surface area contributed by atoms with E-state index in [0.29, 0.717) is 24.9 Å². The molecule has 2 aliphatic rings. The molecule has 1 aliphatic carbocycles. The lowest BCUT2D eigenvalue weighted by Crippen LogP contribution is -2.35. The largest absolute Gasteiger partial charge is 0.443 e. The molecular weight excluding hydrogens is 228 g/mol. The topological polar surface area (TPSA) is 55.6 Å². The Morgan fingerprint density at radius 3 is 2.89 bits per heavy atom. The third kappa shape index (κ3) is 2.58. The number of likely N-dealkylation sites (tertiary alicyclic amines) is 1. The van der Waals surface area contributed by atoms with Crippen molar-refractivity contribution in [1.29, 1.82) is 0 Å². The van der Waals surface area contributed by atoms with E-state index >= 15 is 0 Å². The maximum absolute atomic E-state index is 12.2. The quantitative estimate of drug-likeness (QED) is 0.776. The molecule has 2 rings (SSSR count). The lowest BCUT2D eigenvalue weighted by Gasteiger charge is -2.26. The summed E-state index contributed by atoms with van der Waals surface area (Å²) in [5, 5.41) is 0. The van der Waals surface area contributed by atoms with Gasteiger partial charge in [0.15, 0.2) is 0 Å². The fraction of sp³-hybridized carbons (Fsp3) is 0.643. The van der Waals surface area contributed by atoms with Crippen molar-refractivity contribution in [2.75, 3.05) is 13.1 Å². The van der Waals surface area contributed by atoms with Crippen LogP contribution in [0.2, 0.25) is 0 Å². The normalized spacial score (nSPS) is 26.9. The van der Waals surface area contributed by atoms with E-state index in [4.69, 9.17) is 10.5 Å². The van der Waals surface area contributed by atoms with Crippen LogP contribution in [0.1, 0.15) is 27.2 Å². The van der Waals surface area contributed by atoms with Crippen molar-refractivity contribution >= 4 is 6.09 Å². The Hall–Kier alpha value is -1.29. The second-order valence-electron chi connectivity index (χ2n) is 5.95. The number of carbonyl (C=O) groups excluding carboxylic acids is 1. The molecule has 4 heteroatoms. The highest BCUT2D eigenvalue weighted by atomic mass is 16.6. The van der Waals surface area contributed by atoms with E-state index in [-0.39, 0.29) is 6.09 Å². The van der Waals surface area contributed by atoms with Gasteiger partial charge < -0.3 is 10.5 Å². The minimum Gasteiger partial charge on any atom is -0.443 e. The molecule has 4 nitrogen and oxygen atoms in total. The van der Waals surface area contributed by atoms with Crippen LogP contribution in [-0.2, 0) is 4.74 Å². The van der Waals surface area contributed by atoms with Gasteiger partial charge in [0.05, 0.1) is 0 Å². The Labute approximate surface area is 108 Å². The number of ether oxygens (including phenoxy) is 1. The smallest absolute Gasteiger partial charge is 0.414 e. The first-order valence-electron chi connectivity index (χ1n) is 6.49. The first-order chi connectivity index (χ1) is 8.42. The molecule has 0 aromatic rings. The van der Waals surface area contributed by atoms with Crippen LogP contribution in [0.4, 0.5) is 4.79 Å². The molecule has 0 bridgehead atoms. The first-order valence-corrected chi connectivity index (χ1v) is 6.49. The van der Waals surface area contributed by atoms with Gasteiger partial charge in [-0.2, -0.15) is 0 Å². The van der Waals surface area contributed by atoms with Crippen LogP contribution in [0, 0.1) is 11.8 Å². The Balaban J connectivity index is 2.16. The predicted octanol–water partition coefficient (Wildman–Crippen LogP) is 2.27. The standard InChI is InChI=1S/C14H22N2O2/c1-14(2,3)18-13(17)16-9-10(8-15)11-6-4-5-7-12(11)16/h4-5,7,10-11H,6,8-9,15H2,1-3H3. The minimum absolute atomic E-state index is 0.259. The molecule has 2 unspecified atom stereocenters. The van der Waals surface area contributed by atoms with E-state index in [0.717, 1.165) is 12.1 Å². The van der Waals surface area contributed by atoms with Crippen molar-refractivity contribution in [3.8, 4) is 0 Å². The molecule has 1 heterocycles. The summed E-state index contributed by atoms with van der Waals surface area (Å²) in [5.74, 6) is 0.709. The zero-order valence-corrected chi connectivity index (χ0v) is 11.3. The summed E-state index contributed by atoms with van der Waals surface area (Å²) in [5.41, 5.74) is 6.40. The first kappa shape index (κ1) is 13.1. The summed E-state index contributed by atoms with van der Waals surface area (Å²) in [7, 11) is 0. The van der Waals surface area contributed by atoms with Crippen molar-refractivity contribution in [1.82, 2.24) is 4.90 Å². The molecule has 2 N–H and O–H groups in total. The molecule has 0 aromatic carbocycles. The monoisotopic (exact) mass is 250 g/mol. The highest BCUT2D eigenvalue weighted by Gasteiger charge is 2.40. The van der Waals surface area contributed by atoms with Gasteiger partial charge in [-0.3, -0.25) is 4.90 Å². The molecular formula is C14H22N2O2. The number of amides is 1. The number of nitrogens with two attached hydrogens (primary N) is 1. The van der Waals surface area contributed by atoms with Gasteiger partial charge in [-0.1, -0.05) is 12.2 Å². The van der Waals surface area contributed by atoms with Gasteiger partial charge in [0.1, 0.15) is 5.60 Å². The van der Waals surface area contributed by atoms with E-state index in [9.17, 15) is 4.79 Å². The predicted molar refractivity (Wildman–Crippen MR) is 70.8 cm³/mol. The van der Waals surface area contributed by atoms with Crippen molar-refractivity contribution in [3.05, 3.63) is 23.9 Å². The van der Waals surface area contributed by atoms with E-state index in [1.807, 2.05) is 32.9 Å². The fourth-order valence-corrected chi connectivity index (χ4v) is 2.56. The number of fused-ring (bicyclic) bond motifs is 1. The zero-order valence-electron chi connectivity index (χ0n) is 11.3. The third-order valence-corrected chi connectivity index (χ3v) is 3.39. The Morgan fingerprint density at radius 2 is 2.28 bits per heavy atom. The summed E-state index contributed by atoms with van der Waals surface area (Å²) < 4.78 is 5.44. The molecule has 18 heavy (non-hydrogen) atoms. The van der Waals surface area contributed by atoms with E-state index in [2.05, 4.69) is 6.08 Å². The second-order valence-corrected chi connectivity index (χ2v) is 5.95.